The lowest BCUT2D eigenvalue weighted by atomic mass is 10.2. The highest BCUT2D eigenvalue weighted by molar-refractivity contribution is 7.92. The predicted octanol–water partition coefficient (Wildman–Crippen LogP) is 1.98. The molecule has 1 aliphatic rings. The average molecular weight is 428 g/mol. The minimum atomic E-state index is -3.85. The van der Waals surface area contributed by atoms with Crippen LogP contribution in [-0.4, -0.2) is 41.3 Å². The lowest BCUT2D eigenvalue weighted by Crippen LogP contribution is -2.26. The molecule has 1 aliphatic heterocycles. The molecule has 0 atom stereocenters. The highest BCUT2D eigenvalue weighted by atomic mass is 35.5. The Labute approximate surface area is 170 Å². The van der Waals surface area contributed by atoms with Gasteiger partial charge in [0.25, 0.3) is 15.9 Å². The summed E-state index contributed by atoms with van der Waals surface area (Å²) in [7, 11) is -2.02. The highest BCUT2D eigenvalue weighted by Gasteiger charge is 2.19. The molecule has 28 heavy (non-hydrogen) atoms. The molecule has 0 spiro atoms. The molecule has 1 heterocycles. The molecule has 0 radical (unpaired) electrons. The first kappa shape index (κ1) is 21.8. The molecule has 10 heteroatoms. The zero-order valence-electron chi connectivity index (χ0n) is 15.2. The van der Waals surface area contributed by atoms with Crippen LogP contribution in [0.1, 0.15) is 16.8 Å². The third-order valence-corrected chi connectivity index (χ3v) is 5.30. The van der Waals surface area contributed by atoms with Gasteiger partial charge in [-0.1, -0.05) is 6.07 Å². The number of halogens is 1. The first-order valence-corrected chi connectivity index (χ1v) is 9.93. The number of hydrogen-bond donors (Lipinski definition) is 3. The monoisotopic (exact) mass is 427 g/mol. The van der Waals surface area contributed by atoms with Gasteiger partial charge in [-0.2, -0.15) is 0 Å². The Morgan fingerprint density at radius 1 is 1.07 bits per heavy atom. The molecule has 0 aliphatic carbocycles. The second kappa shape index (κ2) is 9.63. The number of sulfonamides is 1. The average Bonchev–Trinajstić information content (AvgIpc) is 3.12. The van der Waals surface area contributed by atoms with Crippen molar-refractivity contribution in [2.45, 2.75) is 11.3 Å². The number of nitrogens with one attached hydrogen (secondary N) is 3. The van der Waals surface area contributed by atoms with E-state index in [9.17, 15) is 13.2 Å². The third kappa shape index (κ3) is 5.28. The van der Waals surface area contributed by atoms with Gasteiger partial charge in [-0.25, -0.2) is 8.42 Å². The van der Waals surface area contributed by atoms with E-state index >= 15 is 0 Å². The van der Waals surface area contributed by atoms with Crippen molar-refractivity contribution in [3.8, 4) is 11.5 Å². The van der Waals surface area contributed by atoms with Gasteiger partial charge in [0.1, 0.15) is 0 Å². The Hall–Kier alpha value is -2.49. The van der Waals surface area contributed by atoms with Crippen LogP contribution in [0.2, 0.25) is 0 Å². The Morgan fingerprint density at radius 3 is 2.64 bits per heavy atom. The minimum Gasteiger partial charge on any atom is -0.454 e. The largest absolute Gasteiger partial charge is 0.454 e. The van der Waals surface area contributed by atoms with E-state index in [1.54, 1.807) is 24.3 Å². The van der Waals surface area contributed by atoms with Gasteiger partial charge in [0, 0.05) is 18.2 Å². The zero-order chi connectivity index (χ0) is 19.3. The number of fused-ring (bicyclic) bond motifs is 1. The van der Waals surface area contributed by atoms with E-state index in [1.807, 2.05) is 7.05 Å². The van der Waals surface area contributed by atoms with Gasteiger partial charge in [-0.15, -0.1) is 12.4 Å². The molecule has 152 valence electrons. The summed E-state index contributed by atoms with van der Waals surface area (Å²) >= 11 is 0. The number of carbonyl (C=O) groups excluding carboxylic acids is 1. The standard InChI is InChI=1S/C18H21N3O5S.ClH/c1-19-8-3-9-20-18(22)13-4-2-5-15(10-13)27(23,24)21-14-6-7-16-17(11-14)26-12-25-16;/h2,4-7,10-11,19,21H,3,8-9,12H2,1H3,(H,20,22);1H. The minimum absolute atomic E-state index is 0. The summed E-state index contributed by atoms with van der Waals surface area (Å²) in [5.74, 6) is 0.728. The number of amides is 1. The van der Waals surface area contributed by atoms with Crippen LogP contribution >= 0.6 is 12.4 Å². The zero-order valence-corrected chi connectivity index (χ0v) is 16.9. The van der Waals surface area contributed by atoms with Gasteiger partial charge in [0.05, 0.1) is 10.6 Å². The topological polar surface area (TPSA) is 106 Å². The van der Waals surface area contributed by atoms with Crippen LogP contribution in [0, 0.1) is 0 Å². The third-order valence-electron chi connectivity index (χ3n) is 3.92. The van der Waals surface area contributed by atoms with Crippen LogP contribution in [0.15, 0.2) is 47.4 Å². The first-order valence-electron chi connectivity index (χ1n) is 8.45. The molecule has 0 saturated carbocycles. The number of anilines is 1. The smallest absolute Gasteiger partial charge is 0.261 e. The van der Waals surface area contributed by atoms with Gasteiger partial charge in [-0.05, 0) is 50.3 Å². The quantitative estimate of drug-likeness (QED) is 0.556. The molecule has 0 unspecified atom stereocenters. The molecule has 3 rings (SSSR count). The summed E-state index contributed by atoms with van der Waals surface area (Å²) in [6.45, 7) is 1.40. The van der Waals surface area contributed by atoms with Crippen LogP contribution in [0.25, 0.3) is 0 Å². The van der Waals surface area contributed by atoms with E-state index in [-0.39, 0.29) is 35.6 Å². The van der Waals surface area contributed by atoms with E-state index in [4.69, 9.17) is 9.47 Å². The Morgan fingerprint density at radius 2 is 1.86 bits per heavy atom. The molecule has 1 amide bonds. The van der Waals surface area contributed by atoms with Crippen molar-refractivity contribution >= 4 is 34.0 Å². The van der Waals surface area contributed by atoms with Gasteiger partial charge in [0.15, 0.2) is 11.5 Å². The molecule has 0 fully saturated rings. The Kier molecular flexibility index (Phi) is 7.50. The first-order chi connectivity index (χ1) is 13.0. The molecule has 0 bridgehead atoms. The van der Waals surface area contributed by atoms with Crippen LogP contribution in [0.5, 0.6) is 11.5 Å². The predicted molar refractivity (Wildman–Crippen MR) is 108 cm³/mol. The van der Waals surface area contributed by atoms with Crippen molar-refractivity contribution in [3.05, 3.63) is 48.0 Å². The lowest BCUT2D eigenvalue weighted by molar-refractivity contribution is 0.0953. The molecule has 2 aromatic rings. The molecule has 0 aromatic heterocycles. The summed E-state index contributed by atoms with van der Waals surface area (Å²) in [6, 6.07) is 10.7. The fourth-order valence-electron chi connectivity index (χ4n) is 2.55. The van der Waals surface area contributed by atoms with E-state index in [0.29, 0.717) is 23.7 Å². The van der Waals surface area contributed by atoms with Crippen molar-refractivity contribution in [1.29, 1.82) is 0 Å². The lowest BCUT2D eigenvalue weighted by Gasteiger charge is -2.10. The normalized spacial score (nSPS) is 12.2. The number of carbonyl (C=O) groups is 1. The maximum absolute atomic E-state index is 12.7. The molecular weight excluding hydrogens is 406 g/mol. The fraction of sp³-hybridized carbons (Fsp3) is 0.278. The molecule has 8 nitrogen and oxygen atoms in total. The van der Waals surface area contributed by atoms with E-state index in [0.717, 1.165) is 13.0 Å². The van der Waals surface area contributed by atoms with Crippen LogP contribution < -0.4 is 24.8 Å². The molecule has 3 N–H and O–H groups in total. The Balaban J connectivity index is 0.00000280. The second-order valence-corrected chi connectivity index (χ2v) is 7.60. The van der Waals surface area contributed by atoms with Crippen molar-refractivity contribution < 1.29 is 22.7 Å². The number of hydrogen-bond acceptors (Lipinski definition) is 6. The molecule has 2 aromatic carbocycles. The van der Waals surface area contributed by atoms with E-state index in [2.05, 4.69) is 15.4 Å². The number of rotatable bonds is 8. The van der Waals surface area contributed by atoms with Gasteiger partial charge < -0.3 is 20.1 Å². The summed E-state index contributed by atoms with van der Waals surface area (Å²) in [6.07, 6.45) is 0.784. The van der Waals surface area contributed by atoms with E-state index < -0.39 is 10.0 Å². The fourth-order valence-corrected chi connectivity index (χ4v) is 3.64. The van der Waals surface area contributed by atoms with Gasteiger partial charge in [-0.3, -0.25) is 9.52 Å². The van der Waals surface area contributed by atoms with Crippen molar-refractivity contribution in [3.63, 3.8) is 0 Å². The van der Waals surface area contributed by atoms with Crippen molar-refractivity contribution in [2.24, 2.45) is 0 Å². The summed E-state index contributed by atoms with van der Waals surface area (Å²) < 4.78 is 38.3. The number of benzene rings is 2. The number of ether oxygens (including phenoxy) is 2. The highest BCUT2D eigenvalue weighted by Crippen LogP contribution is 2.34. The van der Waals surface area contributed by atoms with E-state index in [1.165, 1.54) is 18.2 Å². The van der Waals surface area contributed by atoms with Crippen LogP contribution in [0.3, 0.4) is 0 Å². The second-order valence-electron chi connectivity index (χ2n) is 5.91. The van der Waals surface area contributed by atoms with Gasteiger partial charge >= 0.3 is 0 Å². The summed E-state index contributed by atoms with van der Waals surface area (Å²) in [5.41, 5.74) is 0.634. The molecule has 0 saturated heterocycles. The summed E-state index contributed by atoms with van der Waals surface area (Å²) in [4.78, 5) is 12.2. The SMILES string of the molecule is CNCCCNC(=O)c1cccc(S(=O)(=O)Nc2ccc3c(c2)OCO3)c1.Cl. The maximum atomic E-state index is 12.7. The molecular formula is C18H22ClN3O5S. The van der Waals surface area contributed by atoms with Gasteiger partial charge in [0.2, 0.25) is 6.79 Å². The van der Waals surface area contributed by atoms with Crippen molar-refractivity contribution in [2.75, 3.05) is 31.7 Å². The van der Waals surface area contributed by atoms with Crippen LogP contribution in [-0.2, 0) is 10.0 Å². The maximum Gasteiger partial charge on any atom is 0.261 e. The summed E-state index contributed by atoms with van der Waals surface area (Å²) in [5, 5.41) is 5.76. The van der Waals surface area contributed by atoms with Crippen molar-refractivity contribution in [1.82, 2.24) is 10.6 Å². The van der Waals surface area contributed by atoms with Crippen LogP contribution in [0.4, 0.5) is 5.69 Å². The Bertz CT molecular complexity index is 937.